The van der Waals surface area contributed by atoms with E-state index in [9.17, 15) is 4.79 Å². The van der Waals surface area contributed by atoms with E-state index >= 15 is 0 Å². The molecule has 0 spiro atoms. The lowest BCUT2D eigenvalue weighted by Gasteiger charge is -2.22. The lowest BCUT2D eigenvalue weighted by atomic mass is 9.88. The molecule has 4 aromatic rings. The summed E-state index contributed by atoms with van der Waals surface area (Å²) in [5.74, 6) is 1.56. The number of benzene rings is 2. The van der Waals surface area contributed by atoms with Crippen LogP contribution in [-0.2, 0) is 0 Å². The maximum absolute atomic E-state index is 13.3. The van der Waals surface area contributed by atoms with E-state index in [1.54, 1.807) is 12.3 Å². The van der Waals surface area contributed by atoms with Crippen LogP contribution in [0.3, 0.4) is 0 Å². The third kappa shape index (κ3) is 4.52. The molecule has 0 atom stereocenters. The Morgan fingerprint density at radius 2 is 1.81 bits per heavy atom. The number of nitrogens with zero attached hydrogens (tertiary/aromatic N) is 3. The molecule has 0 unspecified atom stereocenters. The topological polar surface area (TPSA) is 60.4 Å². The Morgan fingerprint density at radius 1 is 1.03 bits per heavy atom. The lowest BCUT2D eigenvalue weighted by molar-refractivity contribution is 0.416. The van der Waals surface area contributed by atoms with Crippen molar-refractivity contribution in [1.29, 1.82) is 0 Å². The van der Waals surface area contributed by atoms with Gasteiger partial charge in [0.2, 0.25) is 0 Å². The van der Waals surface area contributed by atoms with Crippen LogP contribution in [0.1, 0.15) is 49.6 Å². The van der Waals surface area contributed by atoms with E-state index in [1.807, 2.05) is 54.6 Å². The zero-order valence-corrected chi connectivity index (χ0v) is 19.0. The lowest BCUT2D eigenvalue weighted by Crippen LogP contribution is -2.25. The summed E-state index contributed by atoms with van der Waals surface area (Å²) in [6.07, 6.45) is 7.20. The van der Waals surface area contributed by atoms with Crippen molar-refractivity contribution in [2.45, 2.75) is 48.0 Å². The monoisotopic (exact) mass is 463 g/mol. The van der Waals surface area contributed by atoms with Crippen molar-refractivity contribution in [3.8, 4) is 0 Å². The number of aromatic nitrogens is 2. The summed E-state index contributed by atoms with van der Waals surface area (Å²) < 4.78 is 7.36. The molecule has 0 aliphatic heterocycles. The second-order valence-corrected chi connectivity index (χ2v) is 9.41. The minimum absolute atomic E-state index is 0.144. The molecule has 7 heteroatoms. The Morgan fingerprint density at radius 3 is 2.62 bits per heavy atom. The van der Waals surface area contributed by atoms with Crippen LogP contribution >= 0.6 is 23.4 Å². The van der Waals surface area contributed by atoms with Gasteiger partial charge in [0.15, 0.2) is 5.09 Å². The van der Waals surface area contributed by atoms with E-state index in [4.69, 9.17) is 21.0 Å². The SMILES string of the molecule is O=c1c2ccccc2nc(C2CCCCC2)n1N=Cc1ccc(Sc2ccc(Cl)cc2)o1. The average molecular weight is 464 g/mol. The van der Waals surface area contributed by atoms with Gasteiger partial charge in [-0.2, -0.15) is 9.78 Å². The van der Waals surface area contributed by atoms with Crippen LogP contribution in [0.25, 0.3) is 10.9 Å². The van der Waals surface area contributed by atoms with E-state index in [2.05, 4.69) is 5.10 Å². The first-order chi connectivity index (χ1) is 15.7. The molecule has 0 amide bonds. The van der Waals surface area contributed by atoms with E-state index in [0.717, 1.165) is 47.0 Å². The van der Waals surface area contributed by atoms with Crippen molar-refractivity contribution in [2.24, 2.45) is 5.10 Å². The Hall–Kier alpha value is -2.83. The van der Waals surface area contributed by atoms with Gasteiger partial charge in [0, 0.05) is 15.8 Å². The molecule has 1 saturated carbocycles. The molecular weight excluding hydrogens is 442 g/mol. The summed E-state index contributed by atoms with van der Waals surface area (Å²) in [6.45, 7) is 0. The van der Waals surface area contributed by atoms with E-state index < -0.39 is 0 Å². The van der Waals surface area contributed by atoms with Crippen LogP contribution in [0.4, 0.5) is 0 Å². The molecule has 1 aliphatic rings. The Bertz CT molecular complexity index is 1320. The fraction of sp³-hybridized carbons (Fsp3) is 0.240. The van der Waals surface area contributed by atoms with E-state index in [0.29, 0.717) is 16.2 Å². The molecule has 5 rings (SSSR count). The minimum atomic E-state index is -0.144. The van der Waals surface area contributed by atoms with Gasteiger partial charge in [0.05, 0.1) is 17.1 Å². The molecular formula is C25H22ClN3O2S. The van der Waals surface area contributed by atoms with Gasteiger partial charge in [0.25, 0.3) is 5.56 Å². The number of hydrogen-bond donors (Lipinski definition) is 0. The molecule has 2 aromatic carbocycles. The van der Waals surface area contributed by atoms with Gasteiger partial charge in [-0.25, -0.2) is 4.98 Å². The van der Waals surface area contributed by atoms with Crippen LogP contribution in [0.5, 0.6) is 0 Å². The van der Waals surface area contributed by atoms with Crippen molar-refractivity contribution in [2.75, 3.05) is 0 Å². The third-order valence-corrected chi connectivity index (χ3v) is 6.86. The van der Waals surface area contributed by atoms with Gasteiger partial charge < -0.3 is 4.42 Å². The summed E-state index contributed by atoms with van der Waals surface area (Å²) >= 11 is 7.45. The van der Waals surface area contributed by atoms with Gasteiger partial charge in [-0.3, -0.25) is 4.79 Å². The first kappa shape index (κ1) is 21.0. The fourth-order valence-electron chi connectivity index (χ4n) is 4.07. The van der Waals surface area contributed by atoms with Crippen molar-refractivity contribution in [1.82, 2.24) is 9.66 Å². The molecule has 0 bridgehead atoms. The maximum Gasteiger partial charge on any atom is 0.282 e. The number of rotatable bonds is 5. The molecule has 1 fully saturated rings. The quantitative estimate of drug-likeness (QED) is 0.308. The second-order valence-electron chi connectivity index (χ2n) is 7.90. The number of furan rings is 1. The van der Waals surface area contributed by atoms with Gasteiger partial charge in [-0.1, -0.05) is 54.8 Å². The Labute approximate surface area is 195 Å². The summed E-state index contributed by atoms with van der Waals surface area (Å²) in [6, 6.07) is 18.8. The molecule has 1 aliphatic carbocycles. The highest BCUT2D eigenvalue weighted by atomic mass is 35.5. The van der Waals surface area contributed by atoms with Gasteiger partial charge in [-0.05, 0) is 61.4 Å². The van der Waals surface area contributed by atoms with Crippen LogP contribution in [-0.4, -0.2) is 15.9 Å². The Kier molecular flexibility index (Phi) is 6.14. The van der Waals surface area contributed by atoms with Gasteiger partial charge >= 0.3 is 0 Å². The summed E-state index contributed by atoms with van der Waals surface area (Å²) in [4.78, 5) is 19.1. The maximum atomic E-state index is 13.3. The van der Waals surface area contributed by atoms with Gasteiger partial charge in [0.1, 0.15) is 11.6 Å². The molecule has 32 heavy (non-hydrogen) atoms. The van der Waals surface area contributed by atoms with Crippen molar-refractivity contribution < 1.29 is 4.42 Å². The van der Waals surface area contributed by atoms with E-state index in [-0.39, 0.29) is 11.5 Å². The molecule has 0 radical (unpaired) electrons. The summed E-state index contributed by atoms with van der Waals surface area (Å²) in [5, 5.41) is 6.54. The molecule has 0 saturated heterocycles. The standard InChI is InChI=1S/C25H22ClN3O2S/c26-18-10-13-20(14-11-18)32-23-15-12-19(31-23)16-27-29-24(17-6-2-1-3-7-17)28-22-9-5-4-8-21(22)25(29)30/h4-5,8-17H,1-3,6-7H2. The van der Waals surface area contributed by atoms with Crippen molar-refractivity contribution in [3.63, 3.8) is 0 Å². The second kappa shape index (κ2) is 9.35. The van der Waals surface area contributed by atoms with Crippen molar-refractivity contribution >= 4 is 40.5 Å². The number of para-hydroxylation sites is 1. The third-order valence-electron chi connectivity index (χ3n) is 5.68. The predicted molar refractivity (Wildman–Crippen MR) is 129 cm³/mol. The van der Waals surface area contributed by atoms with Crippen LogP contribution in [0.15, 0.2) is 85.0 Å². The smallest absolute Gasteiger partial charge is 0.282 e. The first-order valence-electron chi connectivity index (χ1n) is 10.8. The highest BCUT2D eigenvalue weighted by molar-refractivity contribution is 7.99. The number of fused-ring (bicyclic) bond motifs is 1. The summed E-state index contributed by atoms with van der Waals surface area (Å²) in [5.41, 5.74) is 0.582. The minimum Gasteiger partial charge on any atom is -0.448 e. The van der Waals surface area contributed by atoms with Crippen LogP contribution in [0, 0.1) is 0 Å². The van der Waals surface area contributed by atoms with E-state index in [1.165, 1.54) is 22.9 Å². The zero-order valence-electron chi connectivity index (χ0n) is 17.4. The Balaban J connectivity index is 1.46. The summed E-state index contributed by atoms with van der Waals surface area (Å²) in [7, 11) is 0. The van der Waals surface area contributed by atoms with Crippen LogP contribution < -0.4 is 5.56 Å². The van der Waals surface area contributed by atoms with Gasteiger partial charge in [-0.15, -0.1) is 0 Å². The zero-order chi connectivity index (χ0) is 21.9. The normalized spacial score (nSPS) is 15.0. The highest BCUT2D eigenvalue weighted by Crippen LogP contribution is 2.32. The molecule has 2 heterocycles. The largest absolute Gasteiger partial charge is 0.448 e. The molecule has 2 aromatic heterocycles. The van der Waals surface area contributed by atoms with Crippen LogP contribution in [0.2, 0.25) is 5.02 Å². The van der Waals surface area contributed by atoms with Crippen molar-refractivity contribution in [3.05, 3.63) is 87.6 Å². The number of halogens is 1. The fourth-order valence-corrected chi connectivity index (χ4v) is 4.97. The number of hydrogen-bond acceptors (Lipinski definition) is 5. The highest BCUT2D eigenvalue weighted by Gasteiger charge is 2.22. The molecule has 5 nitrogen and oxygen atoms in total. The first-order valence-corrected chi connectivity index (χ1v) is 12.0. The molecule has 0 N–H and O–H groups in total. The predicted octanol–water partition coefficient (Wildman–Crippen LogP) is 6.72. The average Bonchev–Trinajstić information content (AvgIpc) is 3.27. The molecule has 162 valence electrons.